The molecule has 1 aromatic carbocycles. The Labute approximate surface area is 152 Å². The van der Waals surface area contributed by atoms with Crippen LogP contribution in [0.15, 0.2) is 53.1 Å². The third-order valence-electron chi connectivity index (χ3n) is 5.01. The van der Waals surface area contributed by atoms with E-state index in [1.54, 1.807) is 4.57 Å². The van der Waals surface area contributed by atoms with Crippen LogP contribution in [-0.2, 0) is 12.8 Å². The Morgan fingerprint density at radius 1 is 1.19 bits per heavy atom. The average molecular weight is 375 g/mol. The first-order valence-electron chi connectivity index (χ1n) is 8.53. The van der Waals surface area contributed by atoms with Gasteiger partial charge in [0.15, 0.2) is 0 Å². The summed E-state index contributed by atoms with van der Waals surface area (Å²) >= 11 is 0. The van der Waals surface area contributed by atoms with Crippen molar-refractivity contribution in [3.05, 3.63) is 65.7 Å². The van der Waals surface area contributed by atoms with Gasteiger partial charge in [0, 0.05) is 11.8 Å². The number of carbonyl (C=O) groups is 1. The average Bonchev–Trinajstić information content (AvgIpc) is 3.25. The number of rotatable bonds is 3. The van der Waals surface area contributed by atoms with E-state index < -0.39 is 18.1 Å². The first-order valence-corrected chi connectivity index (χ1v) is 8.53. The number of hydrogen-bond acceptors (Lipinski definition) is 2. The van der Waals surface area contributed by atoms with E-state index in [1.807, 2.05) is 36.4 Å². The molecule has 1 N–H and O–H groups in total. The Hall–Kier alpha value is -2.96. The van der Waals surface area contributed by atoms with Gasteiger partial charge in [-0.3, -0.25) is 0 Å². The predicted molar refractivity (Wildman–Crippen MR) is 92.0 cm³/mol. The number of aromatic nitrogens is 1. The van der Waals surface area contributed by atoms with Crippen LogP contribution in [0.2, 0.25) is 0 Å². The van der Waals surface area contributed by atoms with Crippen molar-refractivity contribution in [3.8, 4) is 16.9 Å². The Morgan fingerprint density at radius 3 is 2.59 bits per heavy atom. The highest BCUT2D eigenvalue weighted by Crippen LogP contribution is 2.41. The molecule has 0 spiro atoms. The molecule has 2 aromatic heterocycles. The van der Waals surface area contributed by atoms with Crippen LogP contribution in [0, 0.1) is 5.92 Å². The van der Waals surface area contributed by atoms with Gasteiger partial charge in [0.2, 0.25) is 5.76 Å². The Kier molecular flexibility index (Phi) is 4.09. The number of carboxylic acids is 1. The molecule has 0 aliphatic heterocycles. The molecule has 27 heavy (non-hydrogen) atoms. The maximum absolute atomic E-state index is 13.3. The van der Waals surface area contributed by atoms with E-state index >= 15 is 0 Å². The molecule has 0 saturated heterocycles. The molecular weight excluding hydrogens is 359 g/mol. The van der Waals surface area contributed by atoms with Crippen LogP contribution in [0.5, 0.6) is 0 Å². The molecule has 7 heteroatoms. The molecule has 1 atom stereocenters. The van der Waals surface area contributed by atoms with E-state index in [-0.39, 0.29) is 24.3 Å². The molecule has 2 heterocycles. The standard InChI is InChI=1S/C20H16F3NO3/c21-20(22,23)14-7-6-13-10-16(12-4-2-1-3-5-12)24(17(13)11-14)15-8-9-27-18(15)19(25)26/h1-5,8-10,14H,6-7,11H2,(H,25,26). The molecule has 1 aliphatic carbocycles. The summed E-state index contributed by atoms with van der Waals surface area (Å²) < 4.78 is 46.7. The lowest BCUT2D eigenvalue weighted by molar-refractivity contribution is -0.177. The van der Waals surface area contributed by atoms with Crippen LogP contribution in [0.4, 0.5) is 13.2 Å². The molecule has 4 nitrogen and oxygen atoms in total. The number of halogens is 3. The molecule has 1 unspecified atom stereocenters. The van der Waals surface area contributed by atoms with Gasteiger partial charge in [0.25, 0.3) is 0 Å². The molecular formula is C20H16F3NO3. The number of aryl methyl sites for hydroxylation is 1. The van der Waals surface area contributed by atoms with E-state index in [0.717, 1.165) is 11.1 Å². The third kappa shape index (κ3) is 3.03. The lowest BCUT2D eigenvalue weighted by Gasteiger charge is -2.26. The van der Waals surface area contributed by atoms with E-state index in [9.17, 15) is 23.1 Å². The van der Waals surface area contributed by atoms with Gasteiger partial charge in [-0.2, -0.15) is 13.2 Å². The van der Waals surface area contributed by atoms with Gasteiger partial charge in [-0.15, -0.1) is 0 Å². The molecule has 0 fully saturated rings. The summed E-state index contributed by atoms with van der Waals surface area (Å²) in [4.78, 5) is 11.5. The Bertz CT molecular complexity index is 986. The summed E-state index contributed by atoms with van der Waals surface area (Å²) in [6.07, 6.45) is -2.90. The number of carboxylic acid groups (broad SMARTS) is 1. The van der Waals surface area contributed by atoms with Gasteiger partial charge in [-0.1, -0.05) is 30.3 Å². The first kappa shape index (κ1) is 17.5. The largest absolute Gasteiger partial charge is 0.475 e. The SMILES string of the molecule is O=C(O)c1occc1-n1c(-c2ccccc2)cc2c1CC(C(F)(F)F)CC2. The van der Waals surface area contributed by atoms with E-state index in [1.165, 1.54) is 12.3 Å². The second-order valence-corrected chi connectivity index (χ2v) is 6.62. The fourth-order valence-corrected chi connectivity index (χ4v) is 3.72. The summed E-state index contributed by atoms with van der Waals surface area (Å²) in [5.41, 5.74) is 3.00. The minimum Gasteiger partial charge on any atom is -0.475 e. The number of benzene rings is 1. The van der Waals surface area contributed by atoms with Crippen molar-refractivity contribution < 1.29 is 27.5 Å². The van der Waals surface area contributed by atoms with Crippen molar-refractivity contribution in [2.24, 2.45) is 5.92 Å². The zero-order valence-corrected chi connectivity index (χ0v) is 14.2. The van der Waals surface area contributed by atoms with Crippen molar-refractivity contribution >= 4 is 5.97 Å². The summed E-state index contributed by atoms with van der Waals surface area (Å²) in [5.74, 6) is -3.00. The van der Waals surface area contributed by atoms with Gasteiger partial charge < -0.3 is 14.1 Å². The van der Waals surface area contributed by atoms with Crippen molar-refractivity contribution in [3.63, 3.8) is 0 Å². The number of nitrogens with zero attached hydrogens (tertiary/aromatic N) is 1. The maximum atomic E-state index is 13.3. The van der Waals surface area contributed by atoms with Crippen molar-refractivity contribution in [1.82, 2.24) is 4.57 Å². The summed E-state index contributed by atoms with van der Waals surface area (Å²) in [5, 5.41) is 9.41. The molecule has 4 rings (SSSR count). The predicted octanol–water partition coefficient (Wildman–Crippen LogP) is 5.10. The van der Waals surface area contributed by atoms with Crippen molar-refractivity contribution in [2.45, 2.75) is 25.4 Å². The molecule has 3 aromatic rings. The molecule has 140 valence electrons. The number of aromatic carboxylic acids is 1. The zero-order chi connectivity index (χ0) is 19.2. The first-order chi connectivity index (χ1) is 12.9. The lowest BCUT2D eigenvalue weighted by atomic mass is 9.87. The summed E-state index contributed by atoms with van der Waals surface area (Å²) in [6, 6.07) is 12.5. The highest BCUT2D eigenvalue weighted by Gasteiger charge is 2.42. The Morgan fingerprint density at radius 2 is 1.93 bits per heavy atom. The smallest absolute Gasteiger partial charge is 0.392 e. The van der Waals surface area contributed by atoms with Crippen LogP contribution in [0.1, 0.15) is 28.2 Å². The lowest BCUT2D eigenvalue weighted by Crippen LogP contribution is -2.29. The van der Waals surface area contributed by atoms with Crippen molar-refractivity contribution in [1.29, 1.82) is 0 Å². The summed E-state index contributed by atoms with van der Waals surface area (Å²) in [6.45, 7) is 0. The van der Waals surface area contributed by atoms with Crippen LogP contribution in [0.3, 0.4) is 0 Å². The minimum absolute atomic E-state index is 0.0336. The van der Waals surface area contributed by atoms with Gasteiger partial charge in [0.05, 0.1) is 23.6 Å². The van der Waals surface area contributed by atoms with E-state index in [4.69, 9.17) is 4.42 Å². The van der Waals surface area contributed by atoms with Crippen LogP contribution in [0.25, 0.3) is 16.9 Å². The normalized spacial score (nSPS) is 16.9. The van der Waals surface area contributed by atoms with Crippen LogP contribution in [-0.4, -0.2) is 21.8 Å². The van der Waals surface area contributed by atoms with E-state index in [0.29, 0.717) is 17.8 Å². The third-order valence-corrected chi connectivity index (χ3v) is 5.01. The quantitative estimate of drug-likeness (QED) is 0.693. The van der Waals surface area contributed by atoms with Gasteiger partial charge in [-0.25, -0.2) is 4.79 Å². The molecule has 0 amide bonds. The maximum Gasteiger partial charge on any atom is 0.392 e. The highest BCUT2D eigenvalue weighted by molar-refractivity contribution is 5.89. The topological polar surface area (TPSA) is 55.4 Å². The Balaban J connectivity index is 1.93. The number of hydrogen-bond donors (Lipinski definition) is 1. The molecule has 1 aliphatic rings. The minimum atomic E-state index is -4.29. The van der Waals surface area contributed by atoms with E-state index in [2.05, 4.69) is 0 Å². The summed E-state index contributed by atoms with van der Waals surface area (Å²) in [7, 11) is 0. The number of furan rings is 1. The van der Waals surface area contributed by atoms with Crippen LogP contribution < -0.4 is 0 Å². The second kappa shape index (κ2) is 6.33. The van der Waals surface area contributed by atoms with Crippen molar-refractivity contribution in [2.75, 3.05) is 0 Å². The number of alkyl halides is 3. The fourth-order valence-electron chi connectivity index (χ4n) is 3.72. The highest BCUT2D eigenvalue weighted by atomic mass is 19.4. The second-order valence-electron chi connectivity index (χ2n) is 6.62. The fraction of sp³-hybridized carbons (Fsp3) is 0.250. The van der Waals surface area contributed by atoms with Gasteiger partial charge >= 0.3 is 12.1 Å². The monoisotopic (exact) mass is 375 g/mol. The molecule has 0 bridgehead atoms. The molecule has 0 radical (unpaired) electrons. The molecule has 0 saturated carbocycles. The zero-order valence-electron chi connectivity index (χ0n) is 14.2. The number of fused-ring (bicyclic) bond motifs is 1. The van der Waals surface area contributed by atoms with Gasteiger partial charge in [-0.05, 0) is 36.5 Å². The van der Waals surface area contributed by atoms with Gasteiger partial charge in [0.1, 0.15) is 0 Å². The van der Waals surface area contributed by atoms with Crippen LogP contribution >= 0.6 is 0 Å².